The van der Waals surface area contributed by atoms with Gasteiger partial charge in [0.2, 0.25) is 16.6 Å². The lowest BCUT2D eigenvalue weighted by atomic mass is 10.2. The van der Waals surface area contributed by atoms with E-state index in [0.717, 1.165) is 5.39 Å². The molecule has 1 fully saturated rings. The normalized spacial score (nSPS) is 17.7. The summed E-state index contributed by atoms with van der Waals surface area (Å²) in [6.07, 6.45) is 1.95. The number of amides is 1. The fourth-order valence-corrected chi connectivity index (χ4v) is 3.68. The second-order valence-electron chi connectivity index (χ2n) is 5.53. The van der Waals surface area contributed by atoms with Crippen LogP contribution in [0.2, 0.25) is 0 Å². The summed E-state index contributed by atoms with van der Waals surface area (Å²) in [5.74, 6) is 0.311. The van der Waals surface area contributed by atoms with Gasteiger partial charge in [0.25, 0.3) is 5.56 Å². The van der Waals surface area contributed by atoms with E-state index in [1.165, 1.54) is 22.7 Å². The number of fused-ring (bicyclic) bond motifs is 3. The first-order valence-corrected chi connectivity index (χ1v) is 8.45. The molecule has 24 heavy (non-hydrogen) atoms. The van der Waals surface area contributed by atoms with Gasteiger partial charge in [-0.15, -0.1) is 0 Å². The summed E-state index contributed by atoms with van der Waals surface area (Å²) in [7, 11) is 0. The fraction of sp³-hybridized carbons (Fsp3) is 0.250. The molecule has 3 aromatic rings. The highest BCUT2D eigenvalue weighted by molar-refractivity contribution is 8.14. The van der Waals surface area contributed by atoms with Crippen LogP contribution in [-0.2, 0) is 16.1 Å². The van der Waals surface area contributed by atoms with Gasteiger partial charge in [-0.25, -0.2) is 4.98 Å². The van der Waals surface area contributed by atoms with Crippen molar-refractivity contribution in [3.63, 3.8) is 0 Å². The SMILES string of the molecule is O=C(Cn1cnc2c(oc3ccccc32)c1=O)N[C@@H]1CCSC1=O. The van der Waals surface area contributed by atoms with E-state index in [4.69, 9.17) is 4.42 Å². The molecule has 0 bridgehead atoms. The van der Waals surface area contributed by atoms with Crippen LogP contribution in [0.25, 0.3) is 22.1 Å². The highest BCUT2D eigenvalue weighted by atomic mass is 32.2. The molecular formula is C16H13N3O4S. The van der Waals surface area contributed by atoms with Gasteiger partial charge in [0.1, 0.15) is 17.6 Å². The van der Waals surface area contributed by atoms with Gasteiger partial charge in [-0.1, -0.05) is 23.9 Å². The maximum Gasteiger partial charge on any atom is 0.297 e. The minimum Gasteiger partial charge on any atom is -0.448 e. The second kappa shape index (κ2) is 5.79. The van der Waals surface area contributed by atoms with Crippen LogP contribution < -0.4 is 10.9 Å². The lowest BCUT2D eigenvalue weighted by Crippen LogP contribution is -2.40. The molecular weight excluding hydrogens is 330 g/mol. The lowest BCUT2D eigenvalue weighted by Gasteiger charge is -2.10. The Morgan fingerprint density at radius 1 is 1.38 bits per heavy atom. The van der Waals surface area contributed by atoms with Crippen LogP contribution in [-0.4, -0.2) is 32.4 Å². The molecule has 8 heteroatoms. The molecule has 1 N–H and O–H groups in total. The molecule has 1 saturated heterocycles. The summed E-state index contributed by atoms with van der Waals surface area (Å²) >= 11 is 1.21. The number of hydrogen-bond acceptors (Lipinski definition) is 6. The van der Waals surface area contributed by atoms with Gasteiger partial charge in [0.15, 0.2) is 0 Å². The molecule has 1 amide bonds. The Morgan fingerprint density at radius 3 is 3.00 bits per heavy atom. The molecule has 122 valence electrons. The van der Waals surface area contributed by atoms with Gasteiger partial charge in [-0.3, -0.25) is 19.0 Å². The monoisotopic (exact) mass is 343 g/mol. The third kappa shape index (κ3) is 2.48. The molecule has 7 nitrogen and oxygen atoms in total. The standard InChI is InChI=1S/C16H13N3O4S/c20-12(18-10-5-6-24-16(10)22)7-19-8-17-13-9-3-1-2-4-11(9)23-14(13)15(19)21/h1-4,8,10H,5-7H2,(H,18,20)/t10-/m1/s1. The molecule has 0 unspecified atom stereocenters. The van der Waals surface area contributed by atoms with E-state index in [9.17, 15) is 14.4 Å². The average molecular weight is 343 g/mol. The summed E-state index contributed by atoms with van der Waals surface area (Å²) in [4.78, 5) is 40.4. The topological polar surface area (TPSA) is 94.2 Å². The van der Waals surface area contributed by atoms with Crippen molar-refractivity contribution in [3.05, 3.63) is 40.9 Å². The predicted molar refractivity (Wildman–Crippen MR) is 89.8 cm³/mol. The zero-order valence-corrected chi connectivity index (χ0v) is 13.3. The fourth-order valence-electron chi connectivity index (χ4n) is 2.75. The van der Waals surface area contributed by atoms with Crippen molar-refractivity contribution >= 4 is 44.9 Å². The number of carbonyl (C=O) groups excluding carboxylic acids is 2. The number of hydrogen-bond donors (Lipinski definition) is 1. The van der Waals surface area contributed by atoms with Crippen LogP contribution in [0.1, 0.15) is 6.42 Å². The van der Waals surface area contributed by atoms with Crippen LogP contribution in [0.4, 0.5) is 0 Å². The van der Waals surface area contributed by atoms with Crippen molar-refractivity contribution in [1.82, 2.24) is 14.9 Å². The summed E-state index contributed by atoms with van der Waals surface area (Å²) in [6, 6.07) is 6.77. The first-order valence-electron chi connectivity index (χ1n) is 7.46. The molecule has 4 rings (SSSR count). The second-order valence-corrected chi connectivity index (χ2v) is 6.63. The molecule has 2 aromatic heterocycles. The van der Waals surface area contributed by atoms with Crippen LogP contribution >= 0.6 is 11.8 Å². The van der Waals surface area contributed by atoms with Crippen LogP contribution in [0.15, 0.2) is 39.8 Å². The van der Waals surface area contributed by atoms with E-state index in [-0.39, 0.29) is 17.2 Å². The number of furan rings is 1. The number of rotatable bonds is 3. The molecule has 1 atom stereocenters. The maximum atomic E-state index is 12.5. The van der Waals surface area contributed by atoms with Crippen LogP contribution in [0, 0.1) is 0 Å². The van der Waals surface area contributed by atoms with Crippen molar-refractivity contribution in [2.75, 3.05) is 5.75 Å². The zero-order chi connectivity index (χ0) is 16.7. The van der Waals surface area contributed by atoms with Crippen LogP contribution in [0.3, 0.4) is 0 Å². The van der Waals surface area contributed by atoms with Crippen molar-refractivity contribution < 1.29 is 14.0 Å². The van der Waals surface area contributed by atoms with E-state index in [1.807, 2.05) is 18.2 Å². The van der Waals surface area contributed by atoms with Crippen molar-refractivity contribution in [2.45, 2.75) is 19.0 Å². The van der Waals surface area contributed by atoms with Crippen molar-refractivity contribution in [1.29, 1.82) is 0 Å². The highest BCUT2D eigenvalue weighted by Gasteiger charge is 2.27. The number of nitrogens with zero attached hydrogens (tertiary/aromatic N) is 2. The molecule has 1 aliphatic rings. The summed E-state index contributed by atoms with van der Waals surface area (Å²) in [6.45, 7) is -0.201. The lowest BCUT2D eigenvalue weighted by molar-refractivity contribution is -0.125. The molecule has 0 radical (unpaired) electrons. The van der Waals surface area contributed by atoms with E-state index >= 15 is 0 Å². The van der Waals surface area contributed by atoms with Gasteiger partial charge >= 0.3 is 0 Å². The smallest absolute Gasteiger partial charge is 0.297 e. The largest absolute Gasteiger partial charge is 0.448 e. The summed E-state index contributed by atoms with van der Waals surface area (Å²) < 4.78 is 6.76. The Hall–Kier alpha value is -2.61. The first kappa shape index (κ1) is 14.9. The van der Waals surface area contributed by atoms with Gasteiger partial charge < -0.3 is 9.73 Å². The number of thioether (sulfide) groups is 1. The number of aromatic nitrogens is 2. The van der Waals surface area contributed by atoms with Crippen molar-refractivity contribution in [2.24, 2.45) is 0 Å². The number of benzene rings is 1. The van der Waals surface area contributed by atoms with Gasteiger partial charge in [0.05, 0.1) is 12.4 Å². The highest BCUT2D eigenvalue weighted by Crippen LogP contribution is 2.24. The summed E-state index contributed by atoms with van der Waals surface area (Å²) in [5.41, 5.74) is 0.764. The Bertz CT molecular complexity index is 1020. The summed E-state index contributed by atoms with van der Waals surface area (Å²) in [5, 5.41) is 3.37. The third-order valence-electron chi connectivity index (χ3n) is 3.94. The molecule has 1 aromatic carbocycles. The quantitative estimate of drug-likeness (QED) is 0.770. The third-order valence-corrected chi connectivity index (χ3v) is 4.94. The molecule has 0 saturated carbocycles. The zero-order valence-electron chi connectivity index (χ0n) is 12.5. The maximum absolute atomic E-state index is 12.5. The van der Waals surface area contributed by atoms with E-state index < -0.39 is 17.5 Å². The molecule has 0 aliphatic carbocycles. The number of carbonyl (C=O) groups is 2. The van der Waals surface area contributed by atoms with Crippen LogP contribution in [0.5, 0.6) is 0 Å². The number of para-hydroxylation sites is 1. The predicted octanol–water partition coefficient (Wildman–Crippen LogP) is 1.29. The minimum absolute atomic E-state index is 0.0402. The minimum atomic E-state index is -0.471. The van der Waals surface area contributed by atoms with E-state index in [1.54, 1.807) is 6.07 Å². The van der Waals surface area contributed by atoms with E-state index in [0.29, 0.717) is 23.3 Å². The van der Waals surface area contributed by atoms with Gasteiger partial charge in [-0.05, 0) is 18.6 Å². The molecule has 0 spiro atoms. The first-order chi connectivity index (χ1) is 11.6. The van der Waals surface area contributed by atoms with Crippen molar-refractivity contribution in [3.8, 4) is 0 Å². The Morgan fingerprint density at radius 2 is 2.21 bits per heavy atom. The Labute approximate surface area is 140 Å². The van der Waals surface area contributed by atoms with Gasteiger partial charge in [-0.2, -0.15) is 0 Å². The molecule has 3 heterocycles. The average Bonchev–Trinajstić information content (AvgIpc) is 3.14. The van der Waals surface area contributed by atoms with E-state index in [2.05, 4.69) is 10.3 Å². The molecule has 1 aliphatic heterocycles. The Balaban J connectivity index is 1.63. The Kier molecular flexibility index (Phi) is 3.61. The van der Waals surface area contributed by atoms with Gasteiger partial charge in [0, 0.05) is 11.1 Å². The number of nitrogens with one attached hydrogen (secondary N) is 1.